The Morgan fingerprint density at radius 3 is 2.56 bits per heavy atom. The molecular formula is C13H22N2O. The van der Waals surface area contributed by atoms with Gasteiger partial charge >= 0.3 is 0 Å². The van der Waals surface area contributed by atoms with E-state index in [0.717, 1.165) is 32.1 Å². The van der Waals surface area contributed by atoms with Gasteiger partial charge in [0.25, 0.3) is 0 Å². The average molecular weight is 222 g/mol. The normalized spacial score (nSPS) is 17.9. The van der Waals surface area contributed by atoms with E-state index < -0.39 is 0 Å². The number of hydrogen-bond acceptors (Lipinski definition) is 2. The molecule has 0 amide bonds. The summed E-state index contributed by atoms with van der Waals surface area (Å²) >= 11 is 0. The molecular weight excluding hydrogens is 200 g/mol. The van der Waals surface area contributed by atoms with Gasteiger partial charge in [0.2, 0.25) is 0 Å². The largest absolute Gasteiger partial charge is 0.381 e. The zero-order valence-electron chi connectivity index (χ0n) is 10.6. The van der Waals surface area contributed by atoms with Crippen molar-refractivity contribution in [2.75, 3.05) is 13.2 Å². The zero-order valence-corrected chi connectivity index (χ0v) is 10.6. The first-order chi connectivity index (χ1) is 7.72. The van der Waals surface area contributed by atoms with Crippen molar-refractivity contribution in [1.82, 2.24) is 9.78 Å². The van der Waals surface area contributed by atoms with Gasteiger partial charge in [-0.3, -0.25) is 4.68 Å². The topological polar surface area (TPSA) is 27.1 Å². The van der Waals surface area contributed by atoms with Crippen LogP contribution in [0.3, 0.4) is 0 Å². The Morgan fingerprint density at radius 2 is 2.00 bits per heavy atom. The highest BCUT2D eigenvalue weighted by molar-refractivity contribution is 5.23. The fourth-order valence-electron chi connectivity index (χ4n) is 2.39. The average Bonchev–Trinajstić information content (AvgIpc) is 2.58. The zero-order chi connectivity index (χ0) is 11.5. The molecule has 3 nitrogen and oxygen atoms in total. The summed E-state index contributed by atoms with van der Waals surface area (Å²) in [4.78, 5) is 0. The molecule has 2 heterocycles. The Bertz CT molecular complexity index is 351. The molecule has 1 aliphatic rings. The van der Waals surface area contributed by atoms with Crippen LogP contribution in [0.5, 0.6) is 0 Å². The van der Waals surface area contributed by atoms with Crippen LogP contribution in [-0.2, 0) is 17.7 Å². The molecule has 0 bridgehead atoms. The predicted octanol–water partition coefficient (Wildman–Crippen LogP) is 2.49. The van der Waals surface area contributed by atoms with Crippen LogP contribution in [0.15, 0.2) is 0 Å². The van der Waals surface area contributed by atoms with E-state index in [0.29, 0.717) is 0 Å². The number of ether oxygens (including phenoxy) is 1. The van der Waals surface area contributed by atoms with Crippen molar-refractivity contribution >= 4 is 0 Å². The molecule has 1 aromatic rings. The van der Waals surface area contributed by atoms with E-state index in [1.165, 1.54) is 29.8 Å². The van der Waals surface area contributed by atoms with Gasteiger partial charge in [-0.05, 0) is 44.6 Å². The van der Waals surface area contributed by atoms with Crippen LogP contribution in [0.1, 0.15) is 36.7 Å². The first-order valence-corrected chi connectivity index (χ1v) is 6.33. The van der Waals surface area contributed by atoms with Crippen molar-refractivity contribution in [3.8, 4) is 0 Å². The highest BCUT2D eigenvalue weighted by Crippen LogP contribution is 2.20. The lowest BCUT2D eigenvalue weighted by molar-refractivity contribution is 0.0599. The SMILES string of the molecule is CCc1nn(CC2CCOCC2)c(C)c1C. The maximum absolute atomic E-state index is 5.39. The standard InChI is InChI=1S/C13H22N2O/c1-4-13-10(2)11(3)15(14-13)9-12-5-7-16-8-6-12/h12H,4-9H2,1-3H3. The minimum Gasteiger partial charge on any atom is -0.381 e. The summed E-state index contributed by atoms with van der Waals surface area (Å²) in [5, 5.41) is 4.70. The van der Waals surface area contributed by atoms with E-state index in [2.05, 4.69) is 25.5 Å². The molecule has 90 valence electrons. The van der Waals surface area contributed by atoms with Gasteiger partial charge in [0.15, 0.2) is 0 Å². The molecule has 2 rings (SSSR count). The summed E-state index contributed by atoms with van der Waals surface area (Å²) < 4.78 is 7.59. The minimum absolute atomic E-state index is 0.747. The Morgan fingerprint density at radius 1 is 1.31 bits per heavy atom. The summed E-state index contributed by atoms with van der Waals surface area (Å²) in [7, 11) is 0. The fourth-order valence-corrected chi connectivity index (χ4v) is 2.39. The van der Waals surface area contributed by atoms with Crippen molar-refractivity contribution in [3.05, 3.63) is 17.0 Å². The van der Waals surface area contributed by atoms with Crippen molar-refractivity contribution in [1.29, 1.82) is 0 Å². The van der Waals surface area contributed by atoms with Gasteiger partial charge in [-0.2, -0.15) is 5.10 Å². The maximum atomic E-state index is 5.39. The van der Waals surface area contributed by atoms with E-state index in [9.17, 15) is 0 Å². The van der Waals surface area contributed by atoms with E-state index >= 15 is 0 Å². The van der Waals surface area contributed by atoms with Crippen molar-refractivity contribution in [2.24, 2.45) is 5.92 Å². The molecule has 1 aromatic heterocycles. The highest BCUT2D eigenvalue weighted by Gasteiger charge is 2.17. The maximum Gasteiger partial charge on any atom is 0.0653 e. The monoisotopic (exact) mass is 222 g/mol. The van der Waals surface area contributed by atoms with Gasteiger partial charge in [0.05, 0.1) is 5.69 Å². The lowest BCUT2D eigenvalue weighted by Crippen LogP contribution is -2.21. The van der Waals surface area contributed by atoms with Crippen LogP contribution < -0.4 is 0 Å². The van der Waals surface area contributed by atoms with E-state index in [1.54, 1.807) is 0 Å². The van der Waals surface area contributed by atoms with Gasteiger partial charge in [0.1, 0.15) is 0 Å². The quantitative estimate of drug-likeness (QED) is 0.785. The minimum atomic E-state index is 0.747. The predicted molar refractivity (Wildman–Crippen MR) is 64.6 cm³/mol. The highest BCUT2D eigenvalue weighted by atomic mass is 16.5. The van der Waals surface area contributed by atoms with Crippen LogP contribution >= 0.6 is 0 Å². The number of aromatic nitrogens is 2. The number of nitrogens with zero attached hydrogens (tertiary/aromatic N) is 2. The van der Waals surface area contributed by atoms with Gasteiger partial charge in [-0.15, -0.1) is 0 Å². The van der Waals surface area contributed by atoms with Crippen molar-refractivity contribution in [3.63, 3.8) is 0 Å². The summed E-state index contributed by atoms with van der Waals surface area (Å²) in [6.07, 6.45) is 3.40. The van der Waals surface area contributed by atoms with Crippen molar-refractivity contribution in [2.45, 2.75) is 46.6 Å². The molecule has 0 aromatic carbocycles. The van der Waals surface area contributed by atoms with Gasteiger partial charge in [-0.25, -0.2) is 0 Å². The van der Waals surface area contributed by atoms with Crippen LogP contribution in [0, 0.1) is 19.8 Å². The fraction of sp³-hybridized carbons (Fsp3) is 0.769. The first-order valence-electron chi connectivity index (χ1n) is 6.33. The number of rotatable bonds is 3. The smallest absolute Gasteiger partial charge is 0.0653 e. The van der Waals surface area contributed by atoms with Gasteiger partial charge < -0.3 is 4.74 Å². The first kappa shape index (κ1) is 11.6. The molecule has 3 heteroatoms. The molecule has 16 heavy (non-hydrogen) atoms. The molecule has 0 unspecified atom stereocenters. The second-order valence-corrected chi connectivity index (χ2v) is 4.75. The second kappa shape index (κ2) is 5.00. The summed E-state index contributed by atoms with van der Waals surface area (Å²) in [5.41, 5.74) is 3.96. The molecule has 0 atom stereocenters. The van der Waals surface area contributed by atoms with Gasteiger partial charge in [0, 0.05) is 25.5 Å². The van der Waals surface area contributed by atoms with Crippen LogP contribution in [0.4, 0.5) is 0 Å². The van der Waals surface area contributed by atoms with E-state index in [1.807, 2.05) is 0 Å². The Balaban J connectivity index is 2.08. The third kappa shape index (κ3) is 2.29. The number of hydrogen-bond donors (Lipinski definition) is 0. The van der Waals surface area contributed by atoms with Crippen LogP contribution in [-0.4, -0.2) is 23.0 Å². The van der Waals surface area contributed by atoms with Crippen LogP contribution in [0.25, 0.3) is 0 Å². The Labute approximate surface area is 97.8 Å². The molecule has 1 fully saturated rings. The lowest BCUT2D eigenvalue weighted by Gasteiger charge is -2.22. The second-order valence-electron chi connectivity index (χ2n) is 4.75. The summed E-state index contributed by atoms with van der Waals surface area (Å²) in [6.45, 7) is 9.45. The molecule has 0 aliphatic carbocycles. The van der Waals surface area contributed by atoms with Crippen molar-refractivity contribution < 1.29 is 4.74 Å². The molecule has 1 aliphatic heterocycles. The molecule has 0 spiro atoms. The summed E-state index contributed by atoms with van der Waals surface area (Å²) in [6, 6.07) is 0. The number of aryl methyl sites for hydroxylation is 1. The molecule has 1 saturated heterocycles. The van der Waals surface area contributed by atoms with Crippen LogP contribution in [0.2, 0.25) is 0 Å². The summed E-state index contributed by atoms with van der Waals surface area (Å²) in [5.74, 6) is 0.747. The van der Waals surface area contributed by atoms with E-state index in [4.69, 9.17) is 9.84 Å². The Hall–Kier alpha value is -0.830. The third-order valence-corrected chi connectivity index (χ3v) is 3.71. The molecule has 0 N–H and O–H groups in total. The lowest BCUT2D eigenvalue weighted by atomic mass is 10.0. The van der Waals surface area contributed by atoms with E-state index in [-0.39, 0.29) is 0 Å². The Kier molecular flexibility index (Phi) is 3.64. The van der Waals surface area contributed by atoms with Gasteiger partial charge in [-0.1, -0.05) is 6.92 Å². The molecule has 0 saturated carbocycles. The third-order valence-electron chi connectivity index (χ3n) is 3.71. The molecule has 0 radical (unpaired) electrons.